The fourth-order valence-electron chi connectivity index (χ4n) is 4.42. The lowest BCUT2D eigenvalue weighted by Gasteiger charge is -2.16. The summed E-state index contributed by atoms with van der Waals surface area (Å²) in [5.41, 5.74) is 7.82. The Kier molecular flexibility index (Phi) is 6.42. The Morgan fingerprint density at radius 3 is 2.92 bits per heavy atom. The number of nitrogens with zero attached hydrogens (tertiary/aromatic N) is 4. The maximum absolute atomic E-state index is 14.5. The van der Waals surface area contributed by atoms with Crippen LogP contribution in [0.2, 0.25) is 0 Å². The number of fused-ring (bicyclic) bond motifs is 2. The summed E-state index contributed by atoms with van der Waals surface area (Å²) in [7, 11) is 1.70. The summed E-state index contributed by atoms with van der Waals surface area (Å²) in [5, 5.41) is 21.1. The van der Waals surface area contributed by atoms with Crippen LogP contribution >= 0.6 is 0 Å². The second kappa shape index (κ2) is 9.67. The van der Waals surface area contributed by atoms with Crippen molar-refractivity contribution in [3.8, 4) is 6.01 Å². The number of carbonyl (C=O) groups is 1. The number of carbonyl (C=O) groups excluding carboxylic acids is 1. The van der Waals surface area contributed by atoms with Gasteiger partial charge in [-0.05, 0) is 44.0 Å². The normalized spacial score (nSPS) is 18.5. The van der Waals surface area contributed by atoms with Crippen LogP contribution in [0.4, 0.5) is 15.8 Å². The van der Waals surface area contributed by atoms with Crippen LogP contribution in [0.1, 0.15) is 36.5 Å². The van der Waals surface area contributed by atoms with Crippen molar-refractivity contribution in [1.82, 2.24) is 19.7 Å². The molecule has 1 aliphatic rings. The second-order valence-electron chi connectivity index (χ2n) is 9.29. The first kappa shape index (κ1) is 23.9. The van der Waals surface area contributed by atoms with Crippen LogP contribution in [0.25, 0.3) is 21.8 Å². The van der Waals surface area contributed by atoms with Crippen LogP contribution in [0, 0.1) is 5.82 Å². The number of hydrogen-bond acceptors (Lipinski definition) is 8. The fraction of sp³-hybridized carbons (Fsp3) is 0.360. The summed E-state index contributed by atoms with van der Waals surface area (Å²) >= 11 is 0. The number of anilines is 2. The van der Waals surface area contributed by atoms with E-state index in [1.165, 1.54) is 10.7 Å². The van der Waals surface area contributed by atoms with Crippen molar-refractivity contribution in [2.24, 2.45) is 12.8 Å². The predicted octanol–water partition coefficient (Wildman–Crippen LogP) is 2.96. The van der Waals surface area contributed by atoms with Gasteiger partial charge in [0.25, 0.3) is 5.91 Å². The summed E-state index contributed by atoms with van der Waals surface area (Å²) in [4.78, 5) is 22.2. The van der Waals surface area contributed by atoms with Crippen molar-refractivity contribution in [1.29, 1.82) is 0 Å². The highest BCUT2D eigenvalue weighted by atomic mass is 19.1. The van der Waals surface area contributed by atoms with E-state index in [-0.39, 0.29) is 29.2 Å². The molecule has 188 valence electrons. The van der Waals surface area contributed by atoms with E-state index in [4.69, 9.17) is 10.5 Å². The molecule has 10 nitrogen and oxygen atoms in total. The average Bonchev–Trinajstić information content (AvgIpc) is 3.41. The minimum Gasteiger partial charge on any atom is -0.460 e. The van der Waals surface area contributed by atoms with Gasteiger partial charge in [0.05, 0.1) is 17.2 Å². The predicted molar refractivity (Wildman–Crippen MR) is 135 cm³/mol. The number of aromatic nitrogens is 4. The van der Waals surface area contributed by atoms with E-state index in [0.29, 0.717) is 47.8 Å². The number of nitrogens with one attached hydrogen (secondary N) is 2. The minimum atomic E-state index is -0.527. The number of nitrogens with two attached hydrogens (primary N) is 1. The lowest BCUT2D eigenvalue weighted by molar-refractivity contribution is 0.102. The maximum Gasteiger partial charge on any atom is 0.317 e. The SMILES string of the molecule is C[C@@H](N)CNc1ccc(C(=O)Nc2cc(F)c3nn(C)cc3c2)c2nc(O[C@@H]3CC[C@@H](O)C3)ncc12. The van der Waals surface area contributed by atoms with Gasteiger partial charge in [-0.1, -0.05) is 0 Å². The lowest BCUT2D eigenvalue weighted by Crippen LogP contribution is -2.25. The van der Waals surface area contributed by atoms with Gasteiger partial charge in [0, 0.05) is 60.6 Å². The van der Waals surface area contributed by atoms with E-state index in [1.807, 2.05) is 6.92 Å². The van der Waals surface area contributed by atoms with Crippen LogP contribution in [-0.2, 0) is 7.05 Å². The number of aliphatic hydroxyl groups is 1. The highest BCUT2D eigenvalue weighted by Crippen LogP contribution is 2.29. The molecular formula is C25H28FN7O3. The highest BCUT2D eigenvalue weighted by molar-refractivity contribution is 6.14. The van der Waals surface area contributed by atoms with Crippen LogP contribution in [0.5, 0.6) is 6.01 Å². The van der Waals surface area contributed by atoms with Gasteiger partial charge in [-0.2, -0.15) is 10.1 Å². The zero-order valence-electron chi connectivity index (χ0n) is 20.0. The first-order valence-corrected chi connectivity index (χ1v) is 11.8. The monoisotopic (exact) mass is 493 g/mol. The number of hydrogen-bond donors (Lipinski definition) is 4. The Labute approximate surface area is 206 Å². The first-order chi connectivity index (χ1) is 17.3. The van der Waals surface area contributed by atoms with Crippen LogP contribution < -0.4 is 21.1 Å². The van der Waals surface area contributed by atoms with Crippen molar-refractivity contribution in [3.63, 3.8) is 0 Å². The van der Waals surface area contributed by atoms with E-state index in [1.54, 1.807) is 37.6 Å². The molecule has 5 N–H and O–H groups in total. The Morgan fingerprint density at radius 2 is 2.17 bits per heavy atom. The topological polar surface area (TPSA) is 140 Å². The number of aryl methyl sites for hydroxylation is 1. The zero-order valence-corrected chi connectivity index (χ0v) is 20.0. The number of rotatable bonds is 7. The summed E-state index contributed by atoms with van der Waals surface area (Å²) in [6.07, 6.45) is 4.56. The van der Waals surface area contributed by atoms with Gasteiger partial charge < -0.3 is 26.2 Å². The molecule has 0 unspecified atom stereocenters. The smallest absolute Gasteiger partial charge is 0.317 e. The van der Waals surface area contributed by atoms with Crippen molar-refractivity contribution >= 4 is 39.1 Å². The number of amides is 1. The molecule has 1 amide bonds. The standard InChI is InChI=1S/C25H28FN7O3/c1-13(27)10-28-21-6-5-18(23-19(21)11-29-25(31-23)36-17-4-3-16(34)9-17)24(35)30-15-7-14-12-33(2)32-22(14)20(26)8-15/h5-8,11-13,16-17,28,34H,3-4,9-10,27H2,1-2H3,(H,30,35)/t13-,16-,17-/m1/s1. The van der Waals surface area contributed by atoms with E-state index < -0.39 is 17.8 Å². The van der Waals surface area contributed by atoms with Gasteiger partial charge in [-0.15, -0.1) is 0 Å². The maximum atomic E-state index is 14.5. The van der Waals surface area contributed by atoms with E-state index in [0.717, 1.165) is 5.69 Å². The van der Waals surface area contributed by atoms with Crippen LogP contribution in [-0.4, -0.2) is 55.6 Å². The molecule has 1 aliphatic carbocycles. The van der Waals surface area contributed by atoms with Crippen molar-refractivity contribution in [2.75, 3.05) is 17.2 Å². The molecule has 2 aromatic carbocycles. The number of aliphatic hydroxyl groups excluding tert-OH is 1. The Morgan fingerprint density at radius 1 is 1.33 bits per heavy atom. The molecule has 4 aromatic rings. The second-order valence-corrected chi connectivity index (χ2v) is 9.29. The quantitative estimate of drug-likeness (QED) is 0.308. The van der Waals surface area contributed by atoms with Gasteiger partial charge in [0.1, 0.15) is 11.6 Å². The third-order valence-corrected chi connectivity index (χ3v) is 6.15. The molecule has 1 fully saturated rings. The highest BCUT2D eigenvalue weighted by Gasteiger charge is 2.25. The number of ether oxygens (including phenoxy) is 1. The molecule has 0 radical (unpaired) electrons. The Hall–Kier alpha value is -3.83. The zero-order chi connectivity index (χ0) is 25.4. The molecule has 36 heavy (non-hydrogen) atoms. The largest absolute Gasteiger partial charge is 0.460 e. The molecule has 1 saturated carbocycles. The van der Waals surface area contributed by atoms with Gasteiger partial charge in [-0.25, -0.2) is 9.37 Å². The van der Waals surface area contributed by atoms with Crippen molar-refractivity contribution in [2.45, 2.75) is 44.4 Å². The molecule has 11 heteroatoms. The molecule has 0 aliphatic heterocycles. The molecule has 0 bridgehead atoms. The minimum absolute atomic E-state index is 0.0855. The molecule has 2 aromatic heterocycles. The van der Waals surface area contributed by atoms with E-state index in [2.05, 4.69) is 25.7 Å². The van der Waals surface area contributed by atoms with Crippen LogP contribution in [0.15, 0.2) is 36.7 Å². The van der Waals surface area contributed by atoms with Gasteiger partial charge in [-0.3, -0.25) is 9.48 Å². The Bertz CT molecular complexity index is 1440. The third-order valence-electron chi connectivity index (χ3n) is 6.15. The summed E-state index contributed by atoms with van der Waals surface area (Å²) in [6, 6.07) is 6.36. The molecule has 0 saturated heterocycles. The Balaban J connectivity index is 1.49. The average molecular weight is 494 g/mol. The fourth-order valence-corrected chi connectivity index (χ4v) is 4.42. The van der Waals surface area contributed by atoms with E-state index >= 15 is 0 Å². The van der Waals surface area contributed by atoms with Crippen LogP contribution in [0.3, 0.4) is 0 Å². The third kappa shape index (κ3) is 4.93. The van der Waals surface area contributed by atoms with Gasteiger partial charge in [0.2, 0.25) is 0 Å². The molecule has 3 atom stereocenters. The number of halogens is 1. The first-order valence-electron chi connectivity index (χ1n) is 11.8. The van der Waals surface area contributed by atoms with Gasteiger partial charge in [0.15, 0.2) is 5.82 Å². The molecule has 0 spiro atoms. The summed E-state index contributed by atoms with van der Waals surface area (Å²) in [6.45, 7) is 2.40. The lowest BCUT2D eigenvalue weighted by atomic mass is 10.1. The molecular weight excluding hydrogens is 465 g/mol. The van der Waals surface area contributed by atoms with Crippen molar-refractivity contribution in [3.05, 3.63) is 48.0 Å². The van der Waals surface area contributed by atoms with Crippen molar-refractivity contribution < 1.29 is 19.0 Å². The molecule has 2 heterocycles. The summed E-state index contributed by atoms with van der Waals surface area (Å²) in [5.74, 6) is -0.984. The van der Waals surface area contributed by atoms with E-state index in [9.17, 15) is 14.3 Å². The summed E-state index contributed by atoms with van der Waals surface area (Å²) < 4.78 is 22.0. The number of benzene rings is 2. The van der Waals surface area contributed by atoms with Gasteiger partial charge >= 0.3 is 6.01 Å². The molecule has 5 rings (SSSR count).